The Morgan fingerprint density at radius 3 is 1.51 bits per heavy atom. The molecule has 0 fully saturated rings. The zero-order valence-corrected chi connectivity index (χ0v) is 37.7. The molecule has 3 nitrogen and oxygen atoms in total. The summed E-state index contributed by atoms with van der Waals surface area (Å²) in [5.74, 6) is 0. The van der Waals surface area contributed by atoms with Gasteiger partial charge in [-0.25, -0.2) is 0 Å². The summed E-state index contributed by atoms with van der Waals surface area (Å²) < 4.78 is 8.85. The van der Waals surface area contributed by atoms with Crippen LogP contribution in [0.1, 0.15) is 0 Å². The van der Waals surface area contributed by atoms with Gasteiger partial charge in [0.15, 0.2) is 0 Å². The summed E-state index contributed by atoms with van der Waals surface area (Å²) in [5.41, 5.74) is 20.0. The van der Waals surface area contributed by atoms with Gasteiger partial charge in [0.05, 0.1) is 28.1 Å². The van der Waals surface area contributed by atoms with Crippen LogP contribution >= 0.6 is 0 Å². The third-order valence-electron chi connectivity index (χ3n) is 13.6. The molecule has 2 aromatic heterocycles. The molecular weight excluding hydrogens is 837 g/mol. The van der Waals surface area contributed by atoms with E-state index in [9.17, 15) is 0 Å². The number of fused-ring (bicyclic) bond motifs is 6. The molecule has 0 N–H and O–H groups in total. The molecule has 0 atom stereocenters. The van der Waals surface area contributed by atoms with E-state index >= 15 is 0 Å². The van der Waals surface area contributed by atoms with Crippen LogP contribution in [0.4, 0.5) is 17.1 Å². The molecule has 0 saturated carbocycles. The maximum Gasteiger partial charge on any atom is 0.143 e. The number of para-hydroxylation sites is 7. The minimum Gasteiger partial charge on any atom is -0.455 e. The second kappa shape index (κ2) is 16.9. The minimum absolute atomic E-state index is 0.906. The van der Waals surface area contributed by atoms with Gasteiger partial charge in [-0.2, -0.15) is 0 Å². The van der Waals surface area contributed by atoms with Crippen LogP contribution in [0.2, 0.25) is 0 Å². The average molecular weight is 881 g/mol. The van der Waals surface area contributed by atoms with E-state index in [1.54, 1.807) is 0 Å². The lowest BCUT2D eigenvalue weighted by Crippen LogP contribution is -2.13. The molecule has 0 spiro atoms. The third kappa shape index (κ3) is 6.99. The van der Waals surface area contributed by atoms with Crippen LogP contribution in [-0.2, 0) is 0 Å². The molecule has 13 rings (SSSR count). The highest BCUT2D eigenvalue weighted by Gasteiger charge is 2.23. The van der Waals surface area contributed by atoms with Crippen molar-refractivity contribution in [2.45, 2.75) is 0 Å². The lowest BCUT2D eigenvalue weighted by atomic mass is 9.95. The van der Waals surface area contributed by atoms with Gasteiger partial charge in [0, 0.05) is 49.5 Å². The van der Waals surface area contributed by atoms with Crippen LogP contribution in [-0.4, -0.2) is 4.57 Å². The predicted molar refractivity (Wildman–Crippen MR) is 290 cm³/mol. The third-order valence-corrected chi connectivity index (χ3v) is 13.6. The molecule has 13 aromatic rings. The highest BCUT2D eigenvalue weighted by Crippen LogP contribution is 2.47. The van der Waals surface area contributed by atoms with Gasteiger partial charge in [0.2, 0.25) is 0 Å². The lowest BCUT2D eigenvalue weighted by molar-refractivity contribution is 0.670. The summed E-state index contributed by atoms with van der Waals surface area (Å²) in [6, 6.07) is 96.2. The smallest absolute Gasteiger partial charge is 0.143 e. The summed E-state index contributed by atoms with van der Waals surface area (Å²) in [5, 5.41) is 4.75. The number of nitrogens with zero attached hydrogens (tertiary/aromatic N) is 2. The van der Waals surface area contributed by atoms with E-state index in [4.69, 9.17) is 4.42 Å². The van der Waals surface area contributed by atoms with Crippen molar-refractivity contribution >= 4 is 60.8 Å². The van der Waals surface area contributed by atoms with E-state index < -0.39 is 0 Å². The van der Waals surface area contributed by atoms with Crippen molar-refractivity contribution in [2.75, 3.05) is 4.90 Å². The van der Waals surface area contributed by atoms with Crippen molar-refractivity contribution < 1.29 is 4.42 Å². The number of rotatable bonds is 9. The van der Waals surface area contributed by atoms with Crippen LogP contribution in [0.15, 0.2) is 271 Å². The Kier molecular flexibility index (Phi) is 9.84. The number of aromatic nitrogens is 1. The number of furan rings is 1. The predicted octanol–water partition coefficient (Wildman–Crippen LogP) is 18.5. The van der Waals surface area contributed by atoms with E-state index in [0.717, 1.165) is 89.2 Å². The fourth-order valence-corrected chi connectivity index (χ4v) is 10.4. The minimum atomic E-state index is 0.906. The summed E-state index contributed by atoms with van der Waals surface area (Å²) in [4.78, 5) is 2.45. The molecule has 69 heavy (non-hydrogen) atoms. The van der Waals surface area contributed by atoms with Crippen LogP contribution in [0.25, 0.3) is 105 Å². The molecule has 0 radical (unpaired) electrons. The maximum atomic E-state index is 6.41. The van der Waals surface area contributed by atoms with E-state index in [0.29, 0.717) is 0 Å². The SMILES string of the molecule is c1ccc(-c2cccc(-c3ccccc3N(c3ccc(-c4ccc(-c5cccc6c5oc5ccccc56)cc4)cc3)c3ccccc3-c3ccccc3-n3c4ccccc4c4ccccc43)c2)cc1. The molecule has 0 amide bonds. The summed E-state index contributed by atoms with van der Waals surface area (Å²) >= 11 is 0. The Balaban J connectivity index is 0.954. The van der Waals surface area contributed by atoms with Crippen LogP contribution < -0.4 is 4.90 Å². The van der Waals surface area contributed by atoms with Crippen LogP contribution in [0.3, 0.4) is 0 Å². The van der Waals surface area contributed by atoms with Crippen molar-refractivity contribution in [3.05, 3.63) is 267 Å². The molecule has 3 heteroatoms. The fraction of sp³-hybridized carbons (Fsp3) is 0. The van der Waals surface area contributed by atoms with Gasteiger partial charge in [-0.15, -0.1) is 0 Å². The average Bonchev–Trinajstić information content (AvgIpc) is 3.98. The number of benzene rings is 11. The van der Waals surface area contributed by atoms with Crippen molar-refractivity contribution in [1.82, 2.24) is 4.57 Å². The van der Waals surface area contributed by atoms with Gasteiger partial charge in [0.25, 0.3) is 0 Å². The summed E-state index contributed by atoms with van der Waals surface area (Å²) in [7, 11) is 0. The van der Waals surface area contributed by atoms with Gasteiger partial charge in [0.1, 0.15) is 11.2 Å². The maximum absolute atomic E-state index is 6.41. The Hall–Kier alpha value is -9.18. The fourth-order valence-electron chi connectivity index (χ4n) is 10.4. The topological polar surface area (TPSA) is 21.3 Å². The van der Waals surface area contributed by atoms with E-state index in [-0.39, 0.29) is 0 Å². The lowest BCUT2D eigenvalue weighted by Gasteiger charge is -2.30. The van der Waals surface area contributed by atoms with Crippen molar-refractivity contribution in [2.24, 2.45) is 0 Å². The summed E-state index contributed by atoms with van der Waals surface area (Å²) in [6.07, 6.45) is 0. The van der Waals surface area contributed by atoms with Gasteiger partial charge in [-0.1, -0.05) is 212 Å². The molecule has 0 bridgehead atoms. The Bertz CT molecular complexity index is 3960. The summed E-state index contributed by atoms with van der Waals surface area (Å²) in [6.45, 7) is 0. The van der Waals surface area contributed by atoms with Gasteiger partial charge < -0.3 is 13.9 Å². The zero-order chi connectivity index (χ0) is 45.7. The first-order valence-corrected chi connectivity index (χ1v) is 23.6. The van der Waals surface area contributed by atoms with E-state index in [2.05, 4.69) is 264 Å². The molecule has 2 heterocycles. The monoisotopic (exact) mass is 880 g/mol. The quantitative estimate of drug-likeness (QED) is 0.144. The van der Waals surface area contributed by atoms with Crippen LogP contribution in [0.5, 0.6) is 0 Å². The second-order valence-corrected chi connectivity index (χ2v) is 17.6. The van der Waals surface area contributed by atoms with Crippen molar-refractivity contribution in [3.63, 3.8) is 0 Å². The molecule has 11 aromatic carbocycles. The first-order chi connectivity index (χ1) is 34.2. The number of hydrogen-bond donors (Lipinski definition) is 0. The molecule has 0 saturated heterocycles. The largest absolute Gasteiger partial charge is 0.455 e. The second-order valence-electron chi connectivity index (χ2n) is 17.6. The molecule has 0 aliphatic rings. The Morgan fingerprint density at radius 1 is 0.290 bits per heavy atom. The first-order valence-electron chi connectivity index (χ1n) is 23.6. The van der Waals surface area contributed by atoms with Gasteiger partial charge >= 0.3 is 0 Å². The van der Waals surface area contributed by atoms with Crippen molar-refractivity contribution in [3.8, 4) is 61.3 Å². The normalized spacial score (nSPS) is 11.5. The molecule has 0 unspecified atom stereocenters. The first kappa shape index (κ1) is 40.1. The molecular formula is C66H44N2O. The highest BCUT2D eigenvalue weighted by atomic mass is 16.3. The molecule has 0 aliphatic carbocycles. The highest BCUT2D eigenvalue weighted by molar-refractivity contribution is 6.11. The Labute approximate surface area is 401 Å². The Morgan fingerprint density at radius 2 is 0.768 bits per heavy atom. The standard InChI is InChI=1S/C66H44N2O/c1-2-18-45(19-3-1)49-20-16-21-50(44-49)52-22-4-10-30-60(52)67(51-42-40-47(41-43-51)46-36-38-48(39-37-46)53-28-17-29-59-58-27-9-15-35-65(58)69-66(53)59)61-31-11-5-23-54(61)55-24-6-12-32-62(55)68-63-33-13-7-25-56(63)57-26-8-14-34-64(57)68/h1-44H. The molecule has 324 valence electrons. The zero-order valence-electron chi connectivity index (χ0n) is 37.7. The molecule has 0 aliphatic heterocycles. The number of anilines is 3. The van der Waals surface area contributed by atoms with Gasteiger partial charge in [-0.3, -0.25) is 0 Å². The van der Waals surface area contributed by atoms with Crippen molar-refractivity contribution in [1.29, 1.82) is 0 Å². The van der Waals surface area contributed by atoms with Gasteiger partial charge in [-0.05, 0) is 88.0 Å². The van der Waals surface area contributed by atoms with E-state index in [1.807, 2.05) is 12.1 Å². The number of hydrogen-bond acceptors (Lipinski definition) is 2. The van der Waals surface area contributed by atoms with Crippen LogP contribution in [0, 0.1) is 0 Å². The van der Waals surface area contributed by atoms with E-state index in [1.165, 1.54) is 32.9 Å².